The molecule has 0 unspecified atom stereocenters. The second-order valence-corrected chi connectivity index (χ2v) is 6.47. The molecule has 2 heterocycles. The van der Waals surface area contributed by atoms with Gasteiger partial charge in [0, 0.05) is 19.2 Å². The molecule has 5 nitrogen and oxygen atoms in total. The Morgan fingerprint density at radius 3 is 2.86 bits per heavy atom. The van der Waals surface area contributed by atoms with Crippen LogP contribution in [0.15, 0.2) is 29.3 Å². The van der Waals surface area contributed by atoms with Crippen molar-refractivity contribution in [3.05, 3.63) is 35.0 Å². The number of aliphatic carboxylic acids is 1. The quantitative estimate of drug-likeness (QED) is 0.469. The maximum atomic E-state index is 12.3. The zero-order chi connectivity index (χ0) is 15.9. The van der Waals surface area contributed by atoms with Gasteiger partial charge in [-0.3, -0.25) is 19.5 Å². The van der Waals surface area contributed by atoms with Crippen LogP contribution >= 0.6 is 24.0 Å². The SMILES string of the molecule is O=C(O)CCCCCN1C(=O)C(=Cc2ccccn2)SC1=S. The van der Waals surface area contributed by atoms with E-state index in [1.54, 1.807) is 17.2 Å². The van der Waals surface area contributed by atoms with Crippen molar-refractivity contribution in [2.24, 2.45) is 0 Å². The van der Waals surface area contributed by atoms with Gasteiger partial charge in [0.05, 0.1) is 10.6 Å². The lowest BCUT2D eigenvalue weighted by molar-refractivity contribution is -0.137. The van der Waals surface area contributed by atoms with Crippen LogP contribution in [-0.2, 0) is 9.59 Å². The average molecular weight is 336 g/mol. The first kappa shape index (κ1) is 16.6. The van der Waals surface area contributed by atoms with Gasteiger partial charge < -0.3 is 5.11 Å². The Labute approximate surface area is 138 Å². The lowest BCUT2D eigenvalue weighted by atomic mass is 10.2. The number of hydrogen-bond acceptors (Lipinski definition) is 5. The normalized spacial score (nSPS) is 16.5. The number of thioether (sulfide) groups is 1. The summed E-state index contributed by atoms with van der Waals surface area (Å²) in [6.07, 6.45) is 5.71. The van der Waals surface area contributed by atoms with Crippen molar-refractivity contribution in [3.8, 4) is 0 Å². The Morgan fingerprint density at radius 2 is 2.18 bits per heavy atom. The maximum absolute atomic E-state index is 12.3. The molecule has 1 amide bonds. The number of unbranched alkanes of at least 4 members (excludes halogenated alkanes) is 2. The molecule has 0 atom stereocenters. The number of hydrogen-bond donors (Lipinski definition) is 1. The molecule has 0 spiro atoms. The second kappa shape index (κ2) is 8.05. The van der Waals surface area contributed by atoms with Gasteiger partial charge in [0.15, 0.2) is 0 Å². The van der Waals surface area contributed by atoms with Crippen LogP contribution in [0.1, 0.15) is 31.4 Å². The monoisotopic (exact) mass is 336 g/mol. The van der Waals surface area contributed by atoms with Crippen molar-refractivity contribution in [1.29, 1.82) is 0 Å². The smallest absolute Gasteiger partial charge is 0.303 e. The molecule has 2 rings (SSSR count). The highest BCUT2D eigenvalue weighted by Gasteiger charge is 2.31. The third-order valence-electron chi connectivity index (χ3n) is 3.11. The summed E-state index contributed by atoms with van der Waals surface area (Å²) in [4.78, 5) is 29.1. The van der Waals surface area contributed by atoms with Gasteiger partial charge in [0.1, 0.15) is 4.32 Å². The van der Waals surface area contributed by atoms with Crippen LogP contribution in [0.2, 0.25) is 0 Å². The first-order chi connectivity index (χ1) is 10.6. The fourth-order valence-electron chi connectivity index (χ4n) is 2.01. The molecular formula is C15H16N2O3S2. The summed E-state index contributed by atoms with van der Waals surface area (Å²) >= 11 is 6.52. The van der Waals surface area contributed by atoms with Gasteiger partial charge in [-0.05, 0) is 31.1 Å². The number of amides is 1. The predicted octanol–water partition coefficient (Wildman–Crippen LogP) is 2.93. The zero-order valence-electron chi connectivity index (χ0n) is 11.9. The van der Waals surface area contributed by atoms with Gasteiger partial charge in [-0.2, -0.15) is 0 Å². The van der Waals surface area contributed by atoms with Gasteiger partial charge in [0.2, 0.25) is 0 Å². The molecular weight excluding hydrogens is 320 g/mol. The third-order valence-corrected chi connectivity index (χ3v) is 4.49. The summed E-state index contributed by atoms with van der Waals surface area (Å²) in [5, 5.41) is 8.58. The van der Waals surface area contributed by atoms with E-state index < -0.39 is 5.97 Å². The molecule has 0 bridgehead atoms. The van der Waals surface area contributed by atoms with E-state index in [0.29, 0.717) is 22.2 Å². The number of pyridine rings is 1. The van der Waals surface area contributed by atoms with Gasteiger partial charge in [-0.15, -0.1) is 0 Å². The Balaban J connectivity index is 1.89. The summed E-state index contributed by atoms with van der Waals surface area (Å²) < 4.78 is 0.547. The summed E-state index contributed by atoms with van der Waals surface area (Å²) in [7, 11) is 0. The van der Waals surface area contributed by atoms with Gasteiger partial charge in [-0.1, -0.05) is 36.5 Å². The molecule has 0 aliphatic carbocycles. The fourth-order valence-corrected chi connectivity index (χ4v) is 3.30. The first-order valence-electron chi connectivity index (χ1n) is 6.96. The van der Waals surface area contributed by atoms with Gasteiger partial charge in [-0.25, -0.2) is 0 Å². The van der Waals surface area contributed by atoms with E-state index in [0.717, 1.165) is 18.5 Å². The molecule has 1 aliphatic heterocycles. The highest BCUT2D eigenvalue weighted by atomic mass is 32.2. The lowest BCUT2D eigenvalue weighted by Crippen LogP contribution is -2.29. The van der Waals surface area contributed by atoms with Gasteiger partial charge >= 0.3 is 5.97 Å². The van der Waals surface area contributed by atoms with E-state index in [9.17, 15) is 9.59 Å². The summed E-state index contributed by atoms with van der Waals surface area (Å²) in [6, 6.07) is 5.51. The van der Waals surface area contributed by atoms with Crippen molar-refractivity contribution in [2.45, 2.75) is 25.7 Å². The first-order valence-corrected chi connectivity index (χ1v) is 8.18. The standard InChI is InChI=1S/C15H16N2O3S2/c18-13(19)7-2-1-5-9-17-14(20)12(22-15(17)21)10-11-6-3-4-8-16-11/h3-4,6,8,10H,1-2,5,7,9H2,(H,18,19). The number of carboxylic acids is 1. The van der Waals surface area contributed by atoms with E-state index in [-0.39, 0.29) is 12.3 Å². The van der Waals surface area contributed by atoms with Crippen LogP contribution < -0.4 is 0 Å². The maximum Gasteiger partial charge on any atom is 0.303 e. The Hall–Kier alpha value is -1.73. The molecule has 0 saturated carbocycles. The van der Waals surface area contributed by atoms with Crippen LogP contribution in [0.5, 0.6) is 0 Å². The minimum absolute atomic E-state index is 0.0983. The summed E-state index contributed by atoms with van der Waals surface area (Å²) in [5.74, 6) is -0.886. The van der Waals surface area contributed by atoms with Crippen molar-refractivity contribution in [3.63, 3.8) is 0 Å². The molecule has 1 fully saturated rings. The van der Waals surface area contributed by atoms with E-state index in [1.165, 1.54) is 11.8 Å². The Bertz CT molecular complexity index is 602. The van der Waals surface area contributed by atoms with Crippen LogP contribution in [0, 0.1) is 0 Å². The number of aromatic nitrogens is 1. The molecule has 1 N–H and O–H groups in total. The van der Waals surface area contributed by atoms with Crippen molar-refractivity contribution < 1.29 is 14.7 Å². The highest BCUT2D eigenvalue weighted by Crippen LogP contribution is 2.32. The second-order valence-electron chi connectivity index (χ2n) is 4.79. The predicted molar refractivity (Wildman–Crippen MR) is 90.2 cm³/mol. The average Bonchev–Trinajstić information content (AvgIpc) is 2.75. The highest BCUT2D eigenvalue weighted by molar-refractivity contribution is 8.26. The van der Waals surface area contributed by atoms with Crippen molar-refractivity contribution in [2.75, 3.05) is 6.54 Å². The van der Waals surface area contributed by atoms with Crippen LogP contribution in [0.25, 0.3) is 6.08 Å². The van der Waals surface area contributed by atoms with E-state index >= 15 is 0 Å². The molecule has 0 radical (unpaired) electrons. The molecule has 1 saturated heterocycles. The zero-order valence-corrected chi connectivity index (χ0v) is 13.5. The van der Waals surface area contributed by atoms with Crippen LogP contribution in [-0.4, -0.2) is 37.7 Å². The number of nitrogens with zero attached hydrogens (tertiary/aromatic N) is 2. The molecule has 1 aliphatic rings. The summed E-state index contributed by atoms with van der Waals surface area (Å²) in [6.45, 7) is 0.532. The molecule has 1 aromatic heterocycles. The van der Waals surface area contributed by atoms with Crippen molar-refractivity contribution in [1.82, 2.24) is 9.88 Å². The topological polar surface area (TPSA) is 70.5 Å². The number of thiocarbonyl (C=S) groups is 1. The molecule has 116 valence electrons. The van der Waals surface area contributed by atoms with Crippen LogP contribution in [0.4, 0.5) is 0 Å². The van der Waals surface area contributed by atoms with E-state index in [1.807, 2.05) is 18.2 Å². The fraction of sp³-hybridized carbons (Fsp3) is 0.333. The Morgan fingerprint density at radius 1 is 1.36 bits per heavy atom. The molecule has 22 heavy (non-hydrogen) atoms. The van der Waals surface area contributed by atoms with Crippen LogP contribution in [0.3, 0.4) is 0 Å². The largest absolute Gasteiger partial charge is 0.481 e. The minimum Gasteiger partial charge on any atom is -0.481 e. The van der Waals surface area contributed by atoms with E-state index in [4.69, 9.17) is 17.3 Å². The molecule has 1 aromatic rings. The van der Waals surface area contributed by atoms with Gasteiger partial charge in [0.25, 0.3) is 5.91 Å². The Kier molecular flexibility index (Phi) is 6.09. The van der Waals surface area contributed by atoms with Crippen molar-refractivity contribution >= 4 is 46.3 Å². The summed E-state index contributed by atoms with van der Waals surface area (Å²) in [5.41, 5.74) is 0.726. The number of rotatable bonds is 7. The number of carboxylic acid groups (broad SMARTS) is 1. The molecule has 0 aromatic carbocycles. The minimum atomic E-state index is -0.788. The number of carbonyl (C=O) groups excluding carboxylic acids is 1. The molecule has 7 heteroatoms. The third kappa shape index (κ3) is 4.64. The number of carbonyl (C=O) groups is 2. The lowest BCUT2D eigenvalue weighted by Gasteiger charge is -2.13. The van der Waals surface area contributed by atoms with E-state index in [2.05, 4.69) is 4.98 Å².